The third kappa shape index (κ3) is 4.52. The highest BCUT2D eigenvalue weighted by Crippen LogP contribution is 2.19. The van der Waals surface area contributed by atoms with Crippen molar-refractivity contribution in [2.75, 3.05) is 33.3 Å². The second kappa shape index (κ2) is 7.46. The minimum Gasteiger partial charge on any atom is -0.378 e. The summed E-state index contributed by atoms with van der Waals surface area (Å²) < 4.78 is 5.77. The Balaban J connectivity index is 1.60. The van der Waals surface area contributed by atoms with E-state index in [1.54, 1.807) is 0 Å². The average molecular weight is 254 g/mol. The lowest BCUT2D eigenvalue weighted by molar-refractivity contribution is 0.0108. The molecule has 3 unspecified atom stereocenters. The van der Waals surface area contributed by atoms with Gasteiger partial charge in [-0.25, -0.2) is 0 Å². The van der Waals surface area contributed by atoms with Crippen LogP contribution in [0.15, 0.2) is 0 Å². The van der Waals surface area contributed by atoms with Crippen LogP contribution >= 0.6 is 0 Å². The fourth-order valence-corrected chi connectivity index (χ4v) is 3.29. The van der Waals surface area contributed by atoms with Crippen LogP contribution in [0.2, 0.25) is 0 Å². The van der Waals surface area contributed by atoms with Gasteiger partial charge in [0.15, 0.2) is 0 Å². The molecule has 0 radical (unpaired) electrons. The van der Waals surface area contributed by atoms with Gasteiger partial charge in [0.25, 0.3) is 0 Å². The predicted octanol–water partition coefficient (Wildman–Crippen LogP) is 2.27. The van der Waals surface area contributed by atoms with Gasteiger partial charge in [0.2, 0.25) is 0 Å². The van der Waals surface area contributed by atoms with Gasteiger partial charge in [0, 0.05) is 19.2 Å². The standard InChI is InChI=1S/C15H30N2O/c1-13(14-6-5-10-17(2)12-14)16-9-8-15-7-3-4-11-18-15/h13-16H,3-12H2,1-2H3. The monoisotopic (exact) mass is 254 g/mol. The van der Waals surface area contributed by atoms with Crippen LogP contribution in [0.25, 0.3) is 0 Å². The van der Waals surface area contributed by atoms with Crippen LogP contribution in [0.1, 0.15) is 45.4 Å². The van der Waals surface area contributed by atoms with Crippen LogP contribution in [-0.4, -0.2) is 50.3 Å². The van der Waals surface area contributed by atoms with E-state index < -0.39 is 0 Å². The fraction of sp³-hybridized carbons (Fsp3) is 1.00. The number of rotatable bonds is 5. The second-order valence-corrected chi connectivity index (χ2v) is 6.18. The summed E-state index contributed by atoms with van der Waals surface area (Å²) in [6.45, 7) is 6.98. The average Bonchev–Trinajstić information content (AvgIpc) is 2.40. The van der Waals surface area contributed by atoms with E-state index in [-0.39, 0.29) is 0 Å². The highest BCUT2D eigenvalue weighted by atomic mass is 16.5. The molecule has 2 fully saturated rings. The second-order valence-electron chi connectivity index (χ2n) is 6.18. The molecule has 2 heterocycles. The lowest BCUT2D eigenvalue weighted by Crippen LogP contribution is -2.43. The molecular formula is C15H30N2O. The van der Waals surface area contributed by atoms with Crippen molar-refractivity contribution in [1.29, 1.82) is 0 Å². The predicted molar refractivity (Wildman–Crippen MR) is 75.9 cm³/mol. The van der Waals surface area contributed by atoms with Crippen molar-refractivity contribution < 1.29 is 4.74 Å². The molecule has 106 valence electrons. The van der Waals surface area contributed by atoms with E-state index in [0.29, 0.717) is 12.1 Å². The summed E-state index contributed by atoms with van der Waals surface area (Å²) in [4.78, 5) is 2.47. The molecule has 0 aliphatic carbocycles. The first-order valence-corrected chi connectivity index (χ1v) is 7.79. The van der Waals surface area contributed by atoms with Crippen LogP contribution in [-0.2, 0) is 4.74 Å². The summed E-state index contributed by atoms with van der Waals surface area (Å²) in [6.07, 6.45) is 8.34. The molecule has 0 spiro atoms. The third-order valence-corrected chi connectivity index (χ3v) is 4.57. The fourth-order valence-electron chi connectivity index (χ4n) is 3.29. The number of nitrogens with zero attached hydrogens (tertiary/aromatic N) is 1. The van der Waals surface area contributed by atoms with Gasteiger partial charge in [-0.05, 0) is 71.5 Å². The van der Waals surface area contributed by atoms with Crippen LogP contribution in [0.5, 0.6) is 0 Å². The Morgan fingerprint density at radius 3 is 2.89 bits per heavy atom. The van der Waals surface area contributed by atoms with E-state index in [0.717, 1.165) is 19.1 Å². The van der Waals surface area contributed by atoms with Gasteiger partial charge >= 0.3 is 0 Å². The molecule has 2 rings (SSSR count). The highest BCUT2D eigenvalue weighted by molar-refractivity contribution is 4.79. The van der Waals surface area contributed by atoms with Crippen LogP contribution in [0, 0.1) is 5.92 Å². The largest absolute Gasteiger partial charge is 0.378 e. The zero-order valence-corrected chi connectivity index (χ0v) is 12.2. The van der Waals surface area contributed by atoms with Crippen LogP contribution in [0.4, 0.5) is 0 Å². The van der Waals surface area contributed by atoms with Gasteiger partial charge in [0.05, 0.1) is 6.10 Å². The summed E-state index contributed by atoms with van der Waals surface area (Å²) in [5.41, 5.74) is 0. The SMILES string of the molecule is CC(NCCC1CCCCO1)C1CCCN(C)C1. The van der Waals surface area contributed by atoms with E-state index in [4.69, 9.17) is 4.74 Å². The summed E-state index contributed by atoms with van der Waals surface area (Å²) >= 11 is 0. The molecule has 1 N–H and O–H groups in total. The Morgan fingerprint density at radius 1 is 1.28 bits per heavy atom. The number of ether oxygens (including phenoxy) is 1. The van der Waals surface area contributed by atoms with Crippen LogP contribution < -0.4 is 5.32 Å². The Labute approximate surface area is 112 Å². The van der Waals surface area contributed by atoms with Gasteiger partial charge in [-0.3, -0.25) is 0 Å². The molecular weight excluding hydrogens is 224 g/mol. The van der Waals surface area contributed by atoms with Gasteiger partial charge in [-0.1, -0.05) is 0 Å². The Bertz CT molecular complexity index is 229. The Kier molecular flexibility index (Phi) is 5.93. The van der Waals surface area contributed by atoms with E-state index in [1.165, 1.54) is 51.6 Å². The Morgan fingerprint density at radius 2 is 2.17 bits per heavy atom. The van der Waals surface area contributed by atoms with Crippen molar-refractivity contribution in [1.82, 2.24) is 10.2 Å². The van der Waals surface area contributed by atoms with Gasteiger partial charge < -0.3 is 15.0 Å². The van der Waals surface area contributed by atoms with Crippen molar-refractivity contribution in [3.8, 4) is 0 Å². The molecule has 2 aliphatic heterocycles. The van der Waals surface area contributed by atoms with Crippen molar-refractivity contribution in [3.05, 3.63) is 0 Å². The topological polar surface area (TPSA) is 24.5 Å². The van der Waals surface area contributed by atoms with E-state index in [1.807, 2.05) is 0 Å². The molecule has 2 saturated heterocycles. The van der Waals surface area contributed by atoms with Crippen molar-refractivity contribution in [2.45, 2.75) is 57.6 Å². The minimum atomic E-state index is 0.521. The first-order valence-electron chi connectivity index (χ1n) is 7.79. The zero-order chi connectivity index (χ0) is 12.8. The minimum absolute atomic E-state index is 0.521. The van der Waals surface area contributed by atoms with Gasteiger partial charge in [0.1, 0.15) is 0 Å². The molecule has 3 nitrogen and oxygen atoms in total. The number of likely N-dealkylation sites (tertiary alicyclic amines) is 1. The molecule has 18 heavy (non-hydrogen) atoms. The number of hydrogen-bond acceptors (Lipinski definition) is 3. The van der Waals surface area contributed by atoms with E-state index in [9.17, 15) is 0 Å². The summed E-state index contributed by atoms with van der Waals surface area (Å²) in [7, 11) is 2.24. The maximum atomic E-state index is 5.77. The summed E-state index contributed by atoms with van der Waals surface area (Å²) in [5, 5.41) is 3.71. The lowest BCUT2D eigenvalue weighted by atomic mass is 9.92. The zero-order valence-electron chi connectivity index (χ0n) is 12.2. The first-order chi connectivity index (χ1) is 8.75. The number of hydrogen-bond donors (Lipinski definition) is 1. The molecule has 0 amide bonds. The maximum Gasteiger partial charge on any atom is 0.0587 e. The maximum absolute atomic E-state index is 5.77. The van der Waals surface area contributed by atoms with Crippen molar-refractivity contribution in [3.63, 3.8) is 0 Å². The van der Waals surface area contributed by atoms with E-state index in [2.05, 4.69) is 24.2 Å². The molecule has 0 bridgehead atoms. The van der Waals surface area contributed by atoms with Gasteiger partial charge in [-0.15, -0.1) is 0 Å². The Hall–Kier alpha value is -0.120. The highest BCUT2D eigenvalue weighted by Gasteiger charge is 2.22. The van der Waals surface area contributed by atoms with Crippen molar-refractivity contribution >= 4 is 0 Å². The van der Waals surface area contributed by atoms with E-state index >= 15 is 0 Å². The molecule has 0 aromatic rings. The number of piperidine rings is 1. The summed E-state index contributed by atoms with van der Waals surface area (Å²) in [5.74, 6) is 0.830. The van der Waals surface area contributed by atoms with Gasteiger partial charge in [-0.2, -0.15) is 0 Å². The normalized spacial score (nSPS) is 32.3. The lowest BCUT2D eigenvalue weighted by Gasteiger charge is -2.34. The first kappa shape index (κ1) is 14.3. The summed E-state index contributed by atoms with van der Waals surface area (Å²) in [6, 6.07) is 0.649. The molecule has 2 aliphatic rings. The molecule has 3 atom stereocenters. The molecule has 3 heteroatoms. The molecule has 0 aromatic heterocycles. The van der Waals surface area contributed by atoms with Crippen molar-refractivity contribution in [2.24, 2.45) is 5.92 Å². The molecule has 0 saturated carbocycles. The van der Waals surface area contributed by atoms with Crippen LogP contribution in [0.3, 0.4) is 0 Å². The molecule has 0 aromatic carbocycles. The smallest absolute Gasteiger partial charge is 0.0587 e. The quantitative estimate of drug-likeness (QED) is 0.814. The third-order valence-electron chi connectivity index (χ3n) is 4.57. The number of nitrogens with one attached hydrogen (secondary N) is 1.